The van der Waals surface area contributed by atoms with Crippen LogP contribution in [0.15, 0.2) is 48.5 Å². The molecule has 0 radical (unpaired) electrons. The highest BCUT2D eigenvalue weighted by molar-refractivity contribution is 6.32. The largest absolute Gasteiger partial charge is 0.490 e. The normalized spacial score (nSPS) is 26.0. The van der Waals surface area contributed by atoms with Gasteiger partial charge in [0.05, 0.1) is 5.02 Å². The summed E-state index contributed by atoms with van der Waals surface area (Å²) in [7, 11) is 0. The van der Waals surface area contributed by atoms with Gasteiger partial charge >= 0.3 is 0 Å². The van der Waals surface area contributed by atoms with E-state index >= 15 is 0 Å². The van der Waals surface area contributed by atoms with Crippen LogP contribution in [0.1, 0.15) is 25.7 Å². The van der Waals surface area contributed by atoms with Crippen LogP contribution in [0.2, 0.25) is 5.02 Å². The number of hydrogen-bond acceptors (Lipinski definition) is 3. The molecule has 2 aromatic carbocycles. The van der Waals surface area contributed by atoms with Crippen LogP contribution in [0.5, 0.6) is 17.2 Å². The summed E-state index contributed by atoms with van der Waals surface area (Å²) in [6, 6.07) is 16.5. The summed E-state index contributed by atoms with van der Waals surface area (Å²) in [6.07, 6.45) is 4.97. The van der Waals surface area contributed by atoms with Gasteiger partial charge in [-0.25, -0.2) is 0 Å². The van der Waals surface area contributed by atoms with Gasteiger partial charge in [0.15, 0.2) is 0 Å². The number of para-hydroxylation sites is 1. The molecule has 0 aliphatic carbocycles. The van der Waals surface area contributed by atoms with E-state index in [0.717, 1.165) is 24.3 Å². The van der Waals surface area contributed by atoms with Gasteiger partial charge in [-0.2, -0.15) is 0 Å². The molecule has 0 saturated carbocycles. The Bertz CT molecular complexity index is 664. The monoisotopic (exact) mass is 329 g/mol. The van der Waals surface area contributed by atoms with Crippen molar-refractivity contribution in [1.82, 2.24) is 5.32 Å². The Morgan fingerprint density at radius 1 is 0.913 bits per heavy atom. The zero-order valence-corrected chi connectivity index (χ0v) is 13.6. The zero-order chi connectivity index (χ0) is 15.6. The summed E-state index contributed by atoms with van der Waals surface area (Å²) in [4.78, 5) is 0. The lowest BCUT2D eigenvalue weighted by atomic mass is 10.0. The first-order valence-corrected chi connectivity index (χ1v) is 8.59. The molecule has 3 atom stereocenters. The van der Waals surface area contributed by atoms with Gasteiger partial charge in [-0.05, 0) is 49.9 Å². The summed E-state index contributed by atoms with van der Waals surface area (Å²) in [5, 5.41) is 4.22. The highest BCUT2D eigenvalue weighted by atomic mass is 35.5. The fraction of sp³-hybridized carbons (Fsp3) is 0.368. The summed E-state index contributed by atoms with van der Waals surface area (Å²) < 4.78 is 12.1. The van der Waals surface area contributed by atoms with Gasteiger partial charge in [-0.15, -0.1) is 0 Å². The smallest absolute Gasteiger partial charge is 0.149 e. The Morgan fingerprint density at radius 3 is 2.39 bits per heavy atom. The van der Waals surface area contributed by atoms with Crippen molar-refractivity contribution in [1.29, 1.82) is 0 Å². The van der Waals surface area contributed by atoms with Crippen molar-refractivity contribution in [2.75, 3.05) is 0 Å². The lowest BCUT2D eigenvalue weighted by Crippen LogP contribution is -2.42. The molecule has 120 valence electrons. The van der Waals surface area contributed by atoms with Gasteiger partial charge in [0.1, 0.15) is 23.4 Å². The third kappa shape index (κ3) is 3.46. The molecule has 0 spiro atoms. The molecule has 2 heterocycles. The van der Waals surface area contributed by atoms with E-state index < -0.39 is 0 Å². The fourth-order valence-electron chi connectivity index (χ4n) is 3.54. The van der Waals surface area contributed by atoms with Gasteiger partial charge < -0.3 is 14.8 Å². The van der Waals surface area contributed by atoms with Gasteiger partial charge in [0.2, 0.25) is 0 Å². The Kier molecular flexibility index (Phi) is 4.15. The average molecular weight is 330 g/mol. The molecule has 4 rings (SSSR count). The number of halogens is 1. The van der Waals surface area contributed by atoms with Gasteiger partial charge in [-0.3, -0.25) is 0 Å². The maximum atomic E-state index is 6.25. The third-order valence-electron chi connectivity index (χ3n) is 4.61. The van der Waals surface area contributed by atoms with Crippen LogP contribution in [0.4, 0.5) is 0 Å². The number of hydrogen-bond donors (Lipinski definition) is 1. The number of benzene rings is 2. The minimum Gasteiger partial charge on any atom is -0.490 e. The number of ether oxygens (including phenoxy) is 2. The highest BCUT2D eigenvalue weighted by Gasteiger charge is 2.34. The molecule has 1 N–H and O–H groups in total. The van der Waals surface area contributed by atoms with Crippen LogP contribution >= 0.6 is 11.6 Å². The van der Waals surface area contributed by atoms with Crippen LogP contribution in [0.3, 0.4) is 0 Å². The van der Waals surface area contributed by atoms with Crippen LogP contribution in [0, 0.1) is 0 Å². The van der Waals surface area contributed by atoms with E-state index in [0.29, 0.717) is 22.9 Å². The van der Waals surface area contributed by atoms with Crippen molar-refractivity contribution in [3.63, 3.8) is 0 Å². The fourth-order valence-corrected chi connectivity index (χ4v) is 3.70. The van der Waals surface area contributed by atoms with Gasteiger partial charge in [0, 0.05) is 18.2 Å². The van der Waals surface area contributed by atoms with E-state index in [9.17, 15) is 0 Å². The standard InChI is InChI=1S/C19H20ClNO2/c20-18-9-8-16(12-19(18)23-15-4-2-1-3-5-15)22-17-10-13-6-7-14(11-17)21-13/h1-5,8-9,12-14,17,21H,6-7,10-11H2/t13-,14+,17?. The van der Waals surface area contributed by atoms with Crippen LogP contribution in [-0.4, -0.2) is 18.2 Å². The topological polar surface area (TPSA) is 30.5 Å². The maximum absolute atomic E-state index is 6.25. The second kappa shape index (κ2) is 6.42. The molecule has 2 bridgehead atoms. The van der Waals surface area contributed by atoms with Gasteiger partial charge in [-0.1, -0.05) is 29.8 Å². The minimum atomic E-state index is 0.277. The Morgan fingerprint density at radius 2 is 1.65 bits per heavy atom. The van der Waals surface area contributed by atoms with Crippen molar-refractivity contribution in [3.8, 4) is 17.2 Å². The Balaban J connectivity index is 1.48. The quantitative estimate of drug-likeness (QED) is 0.874. The molecule has 2 aliphatic rings. The molecule has 0 aromatic heterocycles. The van der Waals surface area contributed by atoms with E-state index in [-0.39, 0.29) is 6.10 Å². The number of rotatable bonds is 4. The van der Waals surface area contributed by atoms with E-state index in [1.165, 1.54) is 12.8 Å². The molecule has 2 fully saturated rings. The minimum absolute atomic E-state index is 0.277. The maximum Gasteiger partial charge on any atom is 0.149 e. The summed E-state index contributed by atoms with van der Waals surface area (Å²) in [5.74, 6) is 2.23. The second-order valence-electron chi connectivity index (χ2n) is 6.36. The molecular formula is C19H20ClNO2. The van der Waals surface area contributed by atoms with Crippen molar-refractivity contribution < 1.29 is 9.47 Å². The Labute approximate surface area is 141 Å². The van der Waals surface area contributed by atoms with Crippen molar-refractivity contribution in [2.45, 2.75) is 43.9 Å². The molecule has 4 heteroatoms. The summed E-state index contributed by atoms with van der Waals surface area (Å²) in [6.45, 7) is 0. The van der Waals surface area contributed by atoms with E-state index in [4.69, 9.17) is 21.1 Å². The van der Waals surface area contributed by atoms with Gasteiger partial charge in [0.25, 0.3) is 0 Å². The summed E-state index contributed by atoms with van der Waals surface area (Å²) >= 11 is 6.25. The van der Waals surface area contributed by atoms with Crippen LogP contribution in [-0.2, 0) is 0 Å². The molecule has 0 amide bonds. The molecule has 23 heavy (non-hydrogen) atoms. The van der Waals surface area contributed by atoms with Crippen LogP contribution in [0.25, 0.3) is 0 Å². The van der Waals surface area contributed by atoms with Crippen molar-refractivity contribution >= 4 is 11.6 Å². The van der Waals surface area contributed by atoms with E-state index in [1.807, 2.05) is 48.5 Å². The number of piperidine rings is 1. The average Bonchev–Trinajstić information content (AvgIpc) is 2.90. The summed E-state index contributed by atoms with van der Waals surface area (Å²) in [5.41, 5.74) is 0. The van der Waals surface area contributed by atoms with Crippen molar-refractivity contribution in [2.24, 2.45) is 0 Å². The zero-order valence-electron chi connectivity index (χ0n) is 12.9. The Hall–Kier alpha value is -1.71. The first kappa shape index (κ1) is 14.9. The lowest BCUT2D eigenvalue weighted by molar-refractivity contribution is 0.137. The molecule has 2 aliphatic heterocycles. The third-order valence-corrected chi connectivity index (χ3v) is 4.92. The second-order valence-corrected chi connectivity index (χ2v) is 6.76. The molecule has 2 aromatic rings. The van der Waals surface area contributed by atoms with Crippen LogP contribution < -0.4 is 14.8 Å². The van der Waals surface area contributed by atoms with E-state index in [1.54, 1.807) is 0 Å². The van der Waals surface area contributed by atoms with Crippen molar-refractivity contribution in [3.05, 3.63) is 53.6 Å². The SMILES string of the molecule is Clc1ccc(OC2C[C@H]3CC[C@@H](C2)N3)cc1Oc1ccccc1. The predicted molar refractivity (Wildman–Crippen MR) is 91.6 cm³/mol. The lowest BCUT2D eigenvalue weighted by Gasteiger charge is -2.29. The molecular weight excluding hydrogens is 310 g/mol. The molecule has 2 saturated heterocycles. The van der Waals surface area contributed by atoms with E-state index in [2.05, 4.69) is 5.32 Å². The number of nitrogens with one attached hydrogen (secondary N) is 1. The first-order valence-electron chi connectivity index (χ1n) is 8.21. The molecule has 3 nitrogen and oxygen atoms in total. The number of fused-ring (bicyclic) bond motifs is 2. The predicted octanol–water partition coefficient (Wildman–Crippen LogP) is 4.79. The highest BCUT2D eigenvalue weighted by Crippen LogP contribution is 2.35. The molecule has 1 unspecified atom stereocenters. The first-order chi connectivity index (χ1) is 11.3.